The summed E-state index contributed by atoms with van der Waals surface area (Å²) in [5.74, 6) is -0.884. The number of nitrogens with one attached hydrogen (secondary N) is 2. The zero-order valence-corrected chi connectivity index (χ0v) is 16.3. The van der Waals surface area contributed by atoms with E-state index >= 15 is 0 Å². The summed E-state index contributed by atoms with van der Waals surface area (Å²) in [6.07, 6.45) is 0.923. The smallest absolute Gasteiger partial charge is 0.328 e. The Labute approximate surface area is 159 Å². The van der Waals surface area contributed by atoms with E-state index in [0.717, 1.165) is 28.4 Å². The maximum atomic E-state index is 11.4. The number of rotatable bonds is 4. The van der Waals surface area contributed by atoms with Gasteiger partial charge in [0.25, 0.3) is 0 Å². The summed E-state index contributed by atoms with van der Waals surface area (Å²) in [7, 11) is 0. The Morgan fingerprint density at radius 2 is 2.00 bits per heavy atom. The molecule has 0 spiro atoms. The molecule has 0 saturated carbocycles. The molecule has 0 aromatic heterocycles. The number of carbonyl (C=O) groups is 1. The third-order valence-electron chi connectivity index (χ3n) is 5.04. The van der Waals surface area contributed by atoms with Crippen LogP contribution in [-0.2, 0) is 10.2 Å². The molecule has 0 aliphatic carbocycles. The van der Waals surface area contributed by atoms with E-state index in [9.17, 15) is 9.90 Å². The van der Waals surface area contributed by atoms with E-state index in [1.165, 1.54) is 5.56 Å². The number of hydrogen-bond donors (Lipinski definition) is 3. The summed E-state index contributed by atoms with van der Waals surface area (Å²) in [5, 5.41) is 16.8. The Balaban J connectivity index is 1.90. The van der Waals surface area contributed by atoms with Crippen LogP contribution in [0.15, 0.2) is 42.5 Å². The molecule has 0 amide bonds. The fraction of sp³-hybridized carbons (Fsp3) is 0.381. The molecule has 0 saturated heterocycles. The fourth-order valence-corrected chi connectivity index (χ4v) is 3.68. The minimum Gasteiger partial charge on any atom is -0.480 e. The van der Waals surface area contributed by atoms with Crippen molar-refractivity contribution < 1.29 is 9.90 Å². The van der Waals surface area contributed by atoms with Crippen LogP contribution in [0.25, 0.3) is 0 Å². The van der Waals surface area contributed by atoms with Crippen molar-refractivity contribution in [2.24, 2.45) is 0 Å². The van der Waals surface area contributed by atoms with Crippen molar-refractivity contribution in [2.75, 3.05) is 10.6 Å². The molecule has 0 bridgehead atoms. The van der Waals surface area contributed by atoms with Crippen molar-refractivity contribution in [3.63, 3.8) is 0 Å². The predicted molar refractivity (Wildman–Crippen MR) is 107 cm³/mol. The lowest BCUT2D eigenvalue weighted by Gasteiger charge is -2.39. The minimum absolute atomic E-state index is 0.0140. The van der Waals surface area contributed by atoms with E-state index in [1.807, 2.05) is 36.4 Å². The van der Waals surface area contributed by atoms with Gasteiger partial charge < -0.3 is 15.7 Å². The van der Waals surface area contributed by atoms with Crippen molar-refractivity contribution in [1.82, 2.24) is 0 Å². The second-order valence-electron chi connectivity index (χ2n) is 8.16. The minimum atomic E-state index is -1.03. The van der Waals surface area contributed by atoms with Crippen molar-refractivity contribution in [2.45, 2.75) is 51.1 Å². The first-order valence-electron chi connectivity index (χ1n) is 8.77. The maximum absolute atomic E-state index is 11.4. The van der Waals surface area contributed by atoms with Crippen molar-refractivity contribution >= 4 is 28.9 Å². The van der Waals surface area contributed by atoms with E-state index < -0.39 is 11.5 Å². The summed E-state index contributed by atoms with van der Waals surface area (Å²) in [6, 6.07) is 14.1. The van der Waals surface area contributed by atoms with Crippen molar-refractivity contribution in [1.29, 1.82) is 0 Å². The molecule has 1 aliphatic heterocycles. The van der Waals surface area contributed by atoms with E-state index in [2.05, 4.69) is 30.5 Å². The molecule has 3 rings (SSSR count). The molecule has 26 heavy (non-hydrogen) atoms. The van der Waals surface area contributed by atoms with Crippen LogP contribution in [0.2, 0.25) is 5.02 Å². The van der Waals surface area contributed by atoms with Crippen LogP contribution < -0.4 is 10.6 Å². The van der Waals surface area contributed by atoms with Gasteiger partial charge in [0.05, 0.1) is 6.04 Å². The fourth-order valence-electron chi connectivity index (χ4n) is 3.51. The summed E-state index contributed by atoms with van der Waals surface area (Å²) in [5.41, 5.74) is 3.21. The normalized spacial score (nSPS) is 18.6. The van der Waals surface area contributed by atoms with Crippen LogP contribution in [0.3, 0.4) is 0 Å². The molecule has 2 aromatic rings. The number of hydrogen-bond acceptors (Lipinski definition) is 3. The summed E-state index contributed by atoms with van der Waals surface area (Å²) < 4.78 is 0. The summed E-state index contributed by atoms with van der Waals surface area (Å²) in [6.45, 7) is 7.77. The molecular formula is C21H25ClN2O2. The van der Waals surface area contributed by atoms with Gasteiger partial charge in [-0.15, -0.1) is 0 Å². The molecule has 1 aliphatic rings. The third-order valence-corrected chi connectivity index (χ3v) is 5.27. The number of aliphatic carboxylic acids is 1. The van der Waals surface area contributed by atoms with E-state index in [4.69, 9.17) is 11.6 Å². The molecule has 0 fully saturated rings. The number of carboxylic acid groups (broad SMARTS) is 1. The second-order valence-corrected chi connectivity index (χ2v) is 8.59. The predicted octanol–water partition coefficient (Wildman–Crippen LogP) is 5.45. The van der Waals surface area contributed by atoms with Gasteiger partial charge in [0, 0.05) is 16.4 Å². The number of fused-ring (bicyclic) bond motifs is 1. The Kier molecular flexibility index (Phi) is 4.65. The van der Waals surface area contributed by atoms with Gasteiger partial charge >= 0.3 is 5.97 Å². The average molecular weight is 373 g/mol. The molecular weight excluding hydrogens is 348 g/mol. The van der Waals surface area contributed by atoms with Gasteiger partial charge in [0.15, 0.2) is 0 Å². The van der Waals surface area contributed by atoms with Gasteiger partial charge in [-0.3, -0.25) is 0 Å². The highest BCUT2D eigenvalue weighted by molar-refractivity contribution is 6.30. The van der Waals surface area contributed by atoms with Crippen molar-refractivity contribution in [3.8, 4) is 0 Å². The van der Waals surface area contributed by atoms with Gasteiger partial charge in [-0.1, -0.05) is 37.6 Å². The Hall–Kier alpha value is -2.20. The average Bonchev–Trinajstić information content (AvgIpc) is 2.54. The summed E-state index contributed by atoms with van der Waals surface area (Å²) >= 11 is 6.18. The topological polar surface area (TPSA) is 61.4 Å². The van der Waals surface area contributed by atoms with Crippen LogP contribution in [0, 0.1) is 0 Å². The summed E-state index contributed by atoms with van der Waals surface area (Å²) in [4.78, 5) is 11.4. The number of benzene rings is 2. The zero-order chi connectivity index (χ0) is 19.1. The molecule has 5 heteroatoms. The molecule has 138 valence electrons. The molecule has 1 atom stereocenters. The van der Waals surface area contributed by atoms with E-state index in [1.54, 1.807) is 13.8 Å². The van der Waals surface area contributed by atoms with E-state index in [0.29, 0.717) is 0 Å². The largest absolute Gasteiger partial charge is 0.480 e. The molecule has 4 nitrogen and oxygen atoms in total. The number of halogens is 1. The second kappa shape index (κ2) is 6.51. The lowest BCUT2D eigenvalue weighted by Crippen LogP contribution is -2.40. The number of anilines is 2. The van der Waals surface area contributed by atoms with Crippen molar-refractivity contribution in [3.05, 3.63) is 58.6 Å². The van der Waals surface area contributed by atoms with Crippen LogP contribution in [0.4, 0.5) is 11.4 Å². The first kappa shape index (κ1) is 18.6. The first-order valence-corrected chi connectivity index (χ1v) is 9.14. The lowest BCUT2D eigenvalue weighted by atomic mass is 9.74. The Morgan fingerprint density at radius 3 is 2.69 bits per heavy atom. The molecule has 3 N–H and O–H groups in total. The van der Waals surface area contributed by atoms with Gasteiger partial charge in [0.2, 0.25) is 0 Å². The monoisotopic (exact) mass is 372 g/mol. The van der Waals surface area contributed by atoms with Crippen LogP contribution in [0.5, 0.6) is 0 Å². The molecule has 0 radical (unpaired) electrons. The van der Waals surface area contributed by atoms with Gasteiger partial charge in [-0.25, -0.2) is 4.79 Å². The molecule has 1 unspecified atom stereocenters. The Morgan fingerprint density at radius 1 is 1.27 bits per heavy atom. The first-order chi connectivity index (χ1) is 12.1. The van der Waals surface area contributed by atoms with Crippen LogP contribution in [-0.4, -0.2) is 16.6 Å². The lowest BCUT2D eigenvalue weighted by molar-refractivity contribution is -0.141. The van der Waals surface area contributed by atoms with Gasteiger partial charge in [0.1, 0.15) is 5.54 Å². The number of carboxylic acids is 1. The quantitative estimate of drug-likeness (QED) is 0.667. The maximum Gasteiger partial charge on any atom is 0.328 e. The molecule has 2 aromatic carbocycles. The highest BCUT2D eigenvalue weighted by atomic mass is 35.5. The Bertz CT molecular complexity index is 846. The third kappa shape index (κ3) is 3.65. The zero-order valence-electron chi connectivity index (χ0n) is 15.6. The SMILES string of the molecule is CC(C)(Nc1cccc(C2CC(C)(C)c3cc(Cl)ccc3N2)c1)C(=O)O. The van der Waals surface area contributed by atoms with Crippen LogP contribution in [0.1, 0.15) is 51.3 Å². The van der Waals surface area contributed by atoms with E-state index in [-0.39, 0.29) is 11.5 Å². The highest BCUT2D eigenvalue weighted by Gasteiger charge is 2.34. The standard InChI is InChI=1S/C21H25ClN2O2/c1-20(2)12-18(23-17-9-8-14(22)11-16(17)20)13-6-5-7-15(10-13)24-21(3,4)19(25)26/h5-11,18,23-24H,12H2,1-4H3,(H,25,26). The van der Waals surface area contributed by atoms with Gasteiger partial charge in [-0.2, -0.15) is 0 Å². The van der Waals surface area contributed by atoms with Crippen LogP contribution >= 0.6 is 11.6 Å². The highest BCUT2D eigenvalue weighted by Crippen LogP contribution is 2.45. The van der Waals surface area contributed by atoms with Gasteiger partial charge in [-0.05, 0) is 67.1 Å². The molecule has 1 heterocycles.